The fourth-order valence-electron chi connectivity index (χ4n) is 2.26. The van der Waals surface area contributed by atoms with Crippen LogP contribution >= 0.6 is 11.6 Å². The fourth-order valence-corrected chi connectivity index (χ4v) is 2.52. The lowest BCUT2D eigenvalue weighted by Crippen LogP contribution is -2.45. The molecule has 0 radical (unpaired) electrons. The van der Waals surface area contributed by atoms with Gasteiger partial charge in [0, 0.05) is 18.8 Å². The van der Waals surface area contributed by atoms with Crippen LogP contribution in [-0.2, 0) is 4.74 Å². The number of nitrogens with zero attached hydrogens (tertiary/aromatic N) is 1. The van der Waals surface area contributed by atoms with Crippen LogP contribution in [0.3, 0.4) is 0 Å². The van der Waals surface area contributed by atoms with Gasteiger partial charge in [-0.25, -0.2) is 4.79 Å². The topological polar surface area (TPSA) is 49.8 Å². The Morgan fingerprint density at radius 2 is 2.00 bits per heavy atom. The normalized spacial score (nSPS) is 24.1. The molecule has 1 aliphatic heterocycles. The summed E-state index contributed by atoms with van der Waals surface area (Å²) in [4.78, 5) is 13.1. The van der Waals surface area contributed by atoms with Crippen molar-refractivity contribution in [1.29, 1.82) is 0 Å². The average Bonchev–Trinajstić information content (AvgIpc) is 2.26. The monoisotopic (exact) mass is 269 g/mol. The first kappa shape index (κ1) is 13.2. The van der Waals surface area contributed by atoms with Gasteiger partial charge in [0.2, 0.25) is 0 Å². The lowest BCUT2D eigenvalue weighted by Gasteiger charge is -2.37. The van der Waals surface area contributed by atoms with Crippen LogP contribution in [0.2, 0.25) is 5.02 Å². The quantitative estimate of drug-likeness (QED) is 0.897. The van der Waals surface area contributed by atoms with Gasteiger partial charge in [-0.3, -0.25) is 0 Å². The molecule has 98 valence electrons. The first-order valence-electron chi connectivity index (χ1n) is 5.90. The lowest BCUT2D eigenvalue weighted by atomic mass is 10.1. The molecule has 1 fully saturated rings. The van der Waals surface area contributed by atoms with Crippen molar-refractivity contribution >= 4 is 23.3 Å². The summed E-state index contributed by atoms with van der Waals surface area (Å²) in [6.07, 6.45) is 0.318. The summed E-state index contributed by atoms with van der Waals surface area (Å²) in [6.45, 7) is 5.62. The van der Waals surface area contributed by atoms with E-state index in [4.69, 9.17) is 21.4 Å². The smallest absolute Gasteiger partial charge is 0.337 e. The van der Waals surface area contributed by atoms with Gasteiger partial charge in [0.05, 0.1) is 22.8 Å². The van der Waals surface area contributed by atoms with Crippen molar-refractivity contribution in [3.05, 3.63) is 28.8 Å². The molecule has 0 aliphatic carbocycles. The highest BCUT2D eigenvalue weighted by atomic mass is 35.5. The Morgan fingerprint density at radius 3 is 2.50 bits per heavy atom. The number of carbonyl (C=O) groups is 1. The van der Waals surface area contributed by atoms with Crippen LogP contribution in [0.5, 0.6) is 0 Å². The molecule has 2 rings (SSSR count). The number of morpholine rings is 1. The molecule has 1 saturated heterocycles. The molecule has 0 amide bonds. The van der Waals surface area contributed by atoms with Crippen LogP contribution in [0.25, 0.3) is 0 Å². The summed E-state index contributed by atoms with van der Waals surface area (Å²) in [7, 11) is 0. The molecule has 0 saturated carbocycles. The van der Waals surface area contributed by atoms with Crippen LogP contribution in [-0.4, -0.2) is 36.4 Å². The van der Waals surface area contributed by atoms with E-state index >= 15 is 0 Å². The van der Waals surface area contributed by atoms with Crippen LogP contribution in [0.1, 0.15) is 24.2 Å². The standard InChI is InChI=1S/C13H16ClNO3/c1-8-6-15(7-9(2)18-8)10-3-4-11(13(16)17)12(14)5-10/h3-5,8-9H,6-7H2,1-2H3,(H,16,17). The van der Waals surface area contributed by atoms with E-state index in [9.17, 15) is 4.79 Å². The van der Waals surface area contributed by atoms with Gasteiger partial charge in [0.25, 0.3) is 0 Å². The van der Waals surface area contributed by atoms with Crippen LogP contribution in [0.15, 0.2) is 18.2 Å². The van der Waals surface area contributed by atoms with Gasteiger partial charge in [-0.15, -0.1) is 0 Å². The summed E-state index contributed by atoms with van der Waals surface area (Å²) in [5.74, 6) is -1.00. The third kappa shape index (κ3) is 2.76. The second-order valence-corrected chi connectivity index (χ2v) is 5.04. The lowest BCUT2D eigenvalue weighted by molar-refractivity contribution is -0.00522. The molecule has 18 heavy (non-hydrogen) atoms. The van der Waals surface area contributed by atoms with E-state index in [0.29, 0.717) is 0 Å². The Hall–Kier alpha value is -1.26. The number of benzene rings is 1. The van der Waals surface area contributed by atoms with E-state index in [0.717, 1.165) is 18.8 Å². The van der Waals surface area contributed by atoms with E-state index in [1.165, 1.54) is 0 Å². The Labute approximate surface area is 111 Å². The van der Waals surface area contributed by atoms with Gasteiger partial charge >= 0.3 is 5.97 Å². The number of rotatable bonds is 2. The van der Waals surface area contributed by atoms with Gasteiger partial charge in [-0.1, -0.05) is 11.6 Å². The zero-order chi connectivity index (χ0) is 13.3. The molecular weight excluding hydrogens is 254 g/mol. The molecule has 1 aliphatic rings. The molecule has 2 unspecified atom stereocenters. The highest BCUT2D eigenvalue weighted by Crippen LogP contribution is 2.26. The predicted octanol–water partition coefficient (Wildman–Crippen LogP) is 2.65. The SMILES string of the molecule is CC1CN(c2ccc(C(=O)O)c(Cl)c2)CC(C)O1. The molecule has 4 nitrogen and oxygen atoms in total. The summed E-state index contributed by atoms with van der Waals surface area (Å²) < 4.78 is 5.66. The van der Waals surface area contributed by atoms with Gasteiger partial charge in [-0.2, -0.15) is 0 Å². The minimum Gasteiger partial charge on any atom is -0.478 e. The molecule has 1 N–H and O–H groups in total. The second-order valence-electron chi connectivity index (χ2n) is 4.63. The number of halogens is 1. The number of anilines is 1. The number of aromatic carboxylic acids is 1. The Morgan fingerprint density at radius 1 is 1.39 bits per heavy atom. The van der Waals surface area contributed by atoms with Crippen molar-refractivity contribution in [3.8, 4) is 0 Å². The highest BCUT2D eigenvalue weighted by molar-refractivity contribution is 6.33. The van der Waals surface area contributed by atoms with Crippen molar-refractivity contribution in [2.75, 3.05) is 18.0 Å². The first-order chi connectivity index (χ1) is 8.47. The maximum absolute atomic E-state index is 10.9. The Kier molecular flexibility index (Phi) is 3.78. The van der Waals surface area contributed by atoms with Gasteiger partial charge in [0.15, 0.2) is 0 Å². The Balaban J connectivity index is 2.23. The maximum atomic E-state index is 10.9. The number of ether oxygens (including phenoxy) is 1. The van der Waals surface area contributed by atoms with Crippen LogP contribution in [0.4, 0.5) is 5.69 Å². The third-order valence-corrected chi connectivity index (χ3v) is 3.28. The van der Waals surface area contributed by atoms with Gasteiger partial charge in [-0.05, 0) is 32.0 Å². The van der Waals surface area contributed by atoms with Crippen molar-refractivity contribution in [3.63, 3.8) is 0 Å². The summed E-state index contributed by atoms with van der Waals surface area (Å²) >= 11 is 5.98. The number of hydrogen-bond acceptors (Lipinski definition) is 3. The van der Waals surface area contributed by atoms with E-state index in [2.05, 4.69) is 4.90 Å². The molecule has 2 atom stereocenters. The molecule has 0 aromatic heterocycles. The van der Waals surface area contributed by atoms with Crippen molar-refractivity contribution in [2.24, 2.45) is 0 Å². The predicted molar refractivity (Wildman–Crippen MR) is 70.6 cm³/mol. The average molecular weight is 270 g/mol. The summed E-state index contributed by atoms with van der Waals surface area (Å²) in [6, 6.07) is 5.04. The number of hydrogen-bond donors (Lipinski definition) is 1. The molecule has 5 heteroatoms. The summed E-state index contributed by atoms with van der Waals surface area (Å²) in [5, 5.41) is 9.20. The fraction of sp³-hybridized carbons (Fsp3) is 0.462. The first-order valence-corrected chi connectivity index (χ1v) is 6.28. The van der Waals surface area contributed by atoms with E-state index in [1.807, 2.05) is 13.8 Å². The maximum Gasteiger partial charge on any atom is 0.337 e. The molecular formula is C13H16ClNO3. The zero-order valence-corrected chi connectivity index (χ0v) is 11.1. The number of carboxylic acid groups (broad SMARTS) is 1. The van der Waals surface area contributed by atoms with Crippen molar-refractivity contribution in [2.45, 2.75) is 26.1 Å². The van der Waals surface area contributed by atoms with Crippen molar-refractivity contribution < 1.29 is 14.6 Å². The van der Waals surface area contributed by atoms with Crippen LogP contribution < -0.4 is 4.90 Å². The molecule has 1 aromatic carbocycles. The van der Waals surface area contributed by atoms with Gasteiger partial charge < -0.3 is 14.7 Å². The molecule has 1 aromatic rings. The van der Waals surface area contributed by atoms with Crippen LogP contribution in [0, 0.1) is 0 Å². The third-order valence-electron chi connectivity index (χ3n) is 2.97. The van der Waals surface area contributed by atoms with E-state index in [1.54, 1.807) is 18.2 Å². The molecule has 0 spiro atoms. The second kappa shape index (κ2) is 5.16. The highest BCUT2D eigenvalue weighted by Gasteiger charge is 2.23. The zero-order valence-electron chi connectivity index (χ0n) is 10.4. The number of carboxylic acids is 1. The molecule has 0 bridgehead atoms. The van der Waals surface area contributed by atoms with Crippen molar-refractivity contribution in [1.82, 2.24) is 0 Å². The molecule has 1 heterocycles. The summed E-state index contributed by atoms with van der Waals surface area (Å²) in [5.41, 5.74) is 1.07. The minimum absolute atomic E-state index is 0.134. The Bertz CT molecular complexity index is 454. The van der Waals surface area contributed by atoms with Gasteiger partial charge in [0.1, 0.15) is 0 Å². The largest absolute Gasteiger partial charge is 0.478 e. The minimum atomic E-state index is -1.00. The van der Waals surface area contributed by atoms with E-state index in [-0.39, 0.29) is 22.8 Å². The van der Waals surface area contributed by atoms with E-state index < -0.39 is 5.97 Å².